The summed E-state index contributed by atoms with van der Waals surface area (Å²) in [5.74, 6) is -4.40. The first kappa shape index (κ1) is 20.7. The van der Waals surface area contributed by atoms with E-state index in [1.807, 2.05) is 0 Å². The number of ether oxygens (including phenoxy) is 2. The third-order valence-electron chi connectivity index (χ3n) is 6.29. The zero-order valence-electron chi connectivity index (χ0n) is 17.6. The van der Waals surface area contributed by atoms with Gasteiger partial charge in [0.1, 0.15) is 18.2 Å². The van der Waals surface area contributed by atoms with Crippen LogP contribution in [0.4, 0.5) is 23.4 Å². The lowest BCUT2D eigenvalue weighted by atomic mass is 9.80. The molecule has 2 aromatic heterocycles. The Balaban J connectivity index is 1.53. The Morgan fingerprint density at radius 2 is 1.91 bits per heavy atom. The molecule has 5 heterocycles. The van der Waals surface area contributed by atoms with Crippen LogP contribution in [0.15, 0.2) is 47.6 Å². The summed E-state index contributed by atoms with van der Waals surface area (Å²) in [5, 5.41) is 0. The van der Waals surface area contributed by atoms with Crippen molar-refractivity contribution in [2.75, 3.05) is 24.6 Å². The molecule has 1 spiro atoms. The lowest BCUT2D eigenvalue weighted by Crippen LogP contribution is -2.33. The molecular formula is C23H17F4N5O2. The highest BCUT2D eigenvalue weighted by molar-refractivity contribution is 5.78. The predicted molar refractivity (Wildman–Crippen MR) is 114 cm³/mol. The number of hydrogen-bond donors (Lipinski definition) is 1. The Labute approximate surface area is 190 Å². The van der Waals surface area contributed by atoms with Gasteiger partial charge in [-0.3, -0.25) is 0 Å². The molecule has 34 heavy (non-hydrogen) atoms. The summed E-state index contributed by atoms with van der Waals surface area (Å²) >= 11 is 0. The van der Waals surface area contributed by atoms with E-state index in [-0.39, 0.29) is 54.0 Å². The molecule has 3 aromatic rings. The number of alkyl halides is 2. The molecule has 174 valence electrons. The molecular weight excluding hydrogens is 454 g/mol. The van der Waals surface area contributed by atoms with Gasteiger partial charge in [0.2, 0.25) is 5.95 Å². The third-order valence-corrected chi connectivity index (χ3v) is 6.29. The quantitative estimate of drug-likeness (QED) is 0.450. The highest BCUT2D eigenvalue weighted by atomic mass is 19.3. The molecule has 0 amide bonds. The van der Waals surface area contributed by atoms with E-state index in [1.165, 1.54) is 17.2 Å². The average Bonchev–Trinajstić information content (AvgIpc) is 3.37. The maximum atomic E-state index is 15.2. The van der Waals surface area contributed by atoms with Crippen molar-refractivity contribution in [2.24, 2.45) is 10.7 Å². The number of rotatable bonds is 2. The van der Waals surface area contributed by atoms with Crippen LogP contribution in [0.2, 0.25) is 0 Å². The van der Waals surface area contributed by atoms with Crippen molar-refractivity contribution >= 4 is 11.8 Å². The number of anilines is 1. The van der Waals surface area contributed by atoms with Crippen LogP contribution in [0.1, 0.15) is 17.5 Å². The van der Waals surface area contributed by atoms with E-state index in [1.54, 1.807) is 30.3 Å². The smallest absolute Gasteiger partial charge is 0.283 e. The maximum absolute atomic E-state index is 15.2. The first-order valence-corrected chi connectivity index (χ1v) is 10.5. The normalized spacial score (nSPS) is 22.1. The molecule has 1 saturated heterocycles. The number of nitrogens with two attached hydrogens (primary N) is 1. The SMILES string of the molecule is NC1=N[C@@]2(CO1)c1cc(-c3cccnc3F)ccc1Oc1c2cc(N2CCC(F)(F)C2)nc1F. The van der Waals surface area contributed by atoms with E-state index in [2.05, 4.69) is 15.0 Å². The molecule has 1 fully saturated rings. The number of pyridine rings is 2. The van der Waals surface area contributed by atoms with Gasteiger partial charge in [0.15, 0.2) is 11.3 Å². The minimum Gasteiger partial charge on any atom is -0.462 e. The van der Waals surface area contributed by atoms with Gasteiger partial charge in [0, 0.05) is 35.9 Å². The summed E-state index contributed by atoms with van der Waals surface area (Å²) in [6.45, 7) is -0.635. The van der Waals surface area contributed by atoms with Gasteiger partial charge in [-0.1, -0.05) is 6.07 Å². The van der Waals surface area contributed by atoms with E-state index in [9.17, 15) is 13.2 Å². The summed E-state index contributed by atoms with van der Waals surface area (Å²) in [6, 6.07) is 9.38. The number of aliphatic imine (C=N–C) groups is 1. The van der Waals surface area contributed by atoms with Crippen molar-refractivity contribution in [1.82, 2.24) is 9.97 Å². The van der Waals surface area contributed by atoms with Gasteiger partial charge in [-0.25, -0.2) is 18.8 Å². The summed E-state index contributed by atoms with van der Waals surface area (Å²) in [4.78, 5) is 13.4. The molecule has 0 unspecified atom stereocenters. The Morgan fingerprint density at radius 1 is 1.06 bits per heavy atom. The minimum absolute atomic E-state index is 0.0228. The van der Waals surface area contributed by atoms with Gasteiger partial charge >= 0.3 is 0 Å². The van der Waals surface area contributed by atoms with E-state index in [0.717, 1.165) is 0 Å². The largest absolute Gasteiger partial charge is 0.462 e. The molecule has 7 nitrogen and oxygen atoms in total. The first-order chi connectivity index (χ1) is 16.3. The number of halogens is 4. The molecule has 0 aliphatic carbocycles. The molecule has 0 radical (unpaired) electrons. The minimum atomic E-state index is -2.89. The van der Waals surface area contributed by atoms with Crippen LogP contribution in [0, 0.1) is 11.9 Å². The molecule has 11 heteroatoms. The Bertz CT molecular complexity index is 1370. The third kappa shape index (κ3) is 3.06. The van der Waals surface area contributed by atoms with E-state index in [4.69, 9.17) is 15.2 Å². The molecule has 1 aromatic carbocycles. The highest BCUT2D eigenvalue weighted by Crippen LogP contribution is 2.53. The molecule has 1 atom stereocenters. The van der Waals surface area contributed by atoms with Crippen LogP contribution in [-0.4, -0.2) is 41.6 Å². The monoisotopic (exact) mass is 471 g/mol. The van der Waals surface area contributed by atoms with Crippen molar-refractivity contribution in [3.8, 4) is 22.6 Å². The summed E-state index contributed by atoms with van der Waals surface area (Å²) in [5.41, 5.74) is 5.97. The van der Waals surface area contributed by atoms with E-state index in [0.29, 0.717) is 11.1 Å². The van der Waals surface area contributed by atoms with Crippen LogP contribution in [0.5, 0.6) is 11.5 Å². The zero-order valence-corrected chi connectivity index (χ0v) is 17.6. The van der Waals surface area contributed by atoms with Crippen LogP contribution in [0.3, 0.4) is 0 Å². The Hall–Kier alpha value is -3.89. The van der Waals surface area contributed by atoms with E-state index < -0.39 is 29.9 Å². The van der Waals surface area contributed by atoms with Crippen molar-refractivity contribution < 1.29 is 27.0 Å². The standard InChI is InChI=1S/C23H17F4N5O2/c24-19-13(2-1-6-29-19)12-3-4-16-14(8-12)23(11-33-21(28)31-23)15-9-17(30-20(25)18(15)34-16)32-7-5-22(26,27)10-32/h1-4,6,8-9H,5,7,10-11H2,(H2,28,31)/t23-/m0/s1. The second kappa shape index (κ2) is 7.05. The summed E-state index contributed by atoms with van der Waals surface area (Å²) in [7, 11) is 0. The fourth-order valence-corrected chi connectivity index (χ4v) is 4.66. The lowest BCUT2D eigenvalue weighted by Gasteiger charge is -2.34. The van der Waals surface area contributed by atoms with Gasteiger partial charge in [-0.2, -0.15) is 13.8 Å². The number of fused-ring (bicyclic) bond motifs is 4. The van der Waals surface area contributed by atoms with Gasteiger partial charge in [-0.05, 0) is 35.9 Å². The topological polar surface area (TPSA) is 85.9 Å². The Kier molecular flexibility index (Phi) is 4.29. The highest BCUT2D eigenvalue weighted by Gasteiger charge is 2.49. The molecule has 0 saturated carbocycles. The van der Waals surface area contributed by atoms with Crippen LogP contribution >= 0.6 is 0 Å². The van der Waals surface area contributed by atoms with Crippen molar-refractivity contribution in [3.05, 3.63) is 65.6 Å². The van der Waals surface area contributed by atoms with Crippen molar-refractivity contribution in [3.63, 3.8) is 0 Å². The zero-order chi connectivity index (χ0) is 23.7. The van der Waals surface area contributed by atoms with Crippen LogP contribution in [0.25, 0.3) is 11.1 Å². The van der Waals surface area contributed by atoms with Crippen molar-refractivity contribution in [2.45, 2.75) is 17.9 Å². The number of aromatic nitrogens is 2. The molecule has 0 bridgehead atoms. The molecule has 3 aliphatic heterocycles. The van der Waals surface area contributed by atoms with Gasteiger partial charge in [0.05, 0.1) is 6.54 Å². The predicted octanol–water partition coefficient (Wildman–Crippen LogP) is 3.96. The van der Waals surface area contributed by atoms with Crippen molar-refractivity contribution in [1.29, 1.82) is 0 Å². The van der Waals surface area contributed by atoms with Crippen LogP contribution < -0.4 is 15.4 Å². The second-order valence-electron chi connectivity index (χ2n) is 8.43. The fourth-order valence-electron chi connectivity index (χ4n) is 4.66. The van der Waals surface area contributed by atoms with Gasteiger partial charge in [0.25, 0.3) is 17.9 Å². The fraction of sp³-hybridized carbons (Fsp3) is 0.261. The maximum Gasteiger partial charge on any atom is 0.283 e. The van der Waals surface area contributed by atoms with E-state index >= 15 is 4.39 Å². The molecule has 3 aliphatic rings. The number of hydrogen-bond acceptors (Lipinski definition) is 7. The number of nitrogens with zero attached hydrogens (tertiary/aromatic N) is 4. The van der Waals surface area contributed by atoms with Gasteiger partial charge < -0.3 is 20.1 Å². The summed E-state index contributed by atoms with van der Waals surface area (Å²) < 4.78 is 68.5. The number of benzene rings is 1. The summed E-state index contributed by atoms with van der Waals surface area (Å²) in [6.07, 6.45) is 0.985. The molecule has 2 N–H and O–H groups in total. The second-order valence-corrected chi connectivity index (χ2v) is 8.43. The average molecular weight is 471 g/mol. The van der Waals surface area contributed by atoms with Crippen LogP contribution in [-0.2, 0) is 10.3 Å². The lowest BCUT2D eigenvalue weighted by molar-refractivity contribution is 0.0256. The number of amidine groups is 1. The molecule has 6 rings (SSSR count). The Morgan fingerprint density at radius 3 is 2.62 bits per heavy atom. The first-order valence-electron chi connectivity index (χ1n) is 10.5. The van der Waals surface area contributed by atoms with Gasteiger partial charge in [-0.15, -0.1) is 0 Å².